The predicted molar refractivity (Wildman–Crippen MR) is 58.5 cm³/mol. The molecule has 1 N–H and O–H groups in total. The van der Waals surface area contributed by atoms with Crippen LogP contribution in [0.2, 0.25) is 0 Å². The fraction of sp³-hybridized carbons (Fsp3) is 0.833. The maximum Gasteiger partial charge on any atom is 0.240 e. The maximum atomic E-state index is 12.1. The fourth-order valence-electron chi connectivity index (χ4n) is 2.30. The molecule has 1 saturated carbocycles. The lowest BCUT2D eigenvalue weighted by molar-refractivity contribution is -0.134. The first kappa shape index (κ1) is 11.4. The molecule has 16 heavy (non-hydrogen) atoms. The molecular formula is C12H18N2O2. The molecule has 88 valence electrons. The number of nitriles is 1. The molecule has 1 heterocycles. The highest BCUT2D eigenvalue weighted by Gasteiger charge is 2.48. The molecule has 2 fully saturated rings. The van der Waals surface area contributed by atoms with E-state index in [1.54, 1.807) is 0 Å². The molecule has 0 aromatic rings. The molecule has 1 aliphatic heterocycles. The van der Waals surface area contributed by atoms with Crippen molar-refractivity contribution < 1.29 is 9.53 Å². The molecule has 2 atom stereocenters. The summed E-state index contributed by atoms with van der Waals surface area (Å²) in [5.41, 5.74) is -1.07. The molecule has 0 radical (unpaired) electrons. The first-order valence-corrected chi connectivity index (χ1v) is 5.88. The van der Waals surface area contributed by atoms with Crippen LogP contribution in [0.4, 0.5) is 0 Å². The molecule has 2 unspecified atom stereocenters. The molecule has 4 heteroatoms. The maximum absolute atomic E-state index is 12.1. The van der Waals surface area contributed by atoms with Crippen molar-refractivity contribution in [2.75, 3.05) is 6.61 Å². The number of nitrogens with zero attached hydrogens (tertiary/aromatic N) is 1. The zero-order valence-electron chi connectivity index (χ0n) is 9.88. The smallest absolute Gasteiger partial charge is 0.240 e. The van der Waals surface area contributed by atoms with E-state index in [0.29, 0.717) is 19.4 Å². The second kappa shape index (κ2) is 3.74. The summed E-state index contributed by atoms with van der Waals surface area (Å²) in [6.07, 6.45) is 3.21. The van der Waals surface area contributed by atoms with Crippen molar-refractivity contribution in [3.8, 4) is 6.07 Å². The van der Waals surface area contributed by atoms with Gasteiger partial charge in [-0.1, -0.05) is 0 Å². The van der Waals surface area contributed by atoms with Crippen molar-refractivity contribution in [3.05, 3.63) is 0 Å². The van der Waals surface area contributed by atoms with Gasteiger partial charge in [0.25, 0.3) is 0 Å². The van der Waals surface area contributed by atoms with Crippen LogP contribution < -0.4 is 5.32 Å². The minimum atomic E-state index is -0.759. The summed E-state index contributed by atoms with van der Waals surface area (Å²) in [5, 5.41) is 12.1. The molecule has 0 aromatic carbocycles. The van der Waals surface area contributed by atoms with E-state index in [4.69, 9.17) is 10.00 Å². The monoisotopic (exact) mass is 222 g/mol. The Hall–Kier alpha value is -1.08. The average Bonchev–Trinajstić information content (AvgIpc) is 2.45. The lowest BCUT2D eigenvalue weighted by Gasteiger charge is -2.38. The van der Waals surface area contributed by atoms with Crippen LogP contribution in [0.5, 0.6) is 0 Å². The van der Waals surface area contributed by atoms with Crippen molar-refractivity contribution in [1.82, 2.24) is 5.32 Å². The predicted octanol–water partition coefficient (Wildman–Crippen LogP) is 1.36. The second-order valence-corrected chi connectivity index (χ2v) is 5.18. The van der Waals surface area contributed by atoms with E-state index in [1.165, 1.54) is 0 Å². The average molecular weight is 222 g/mol. The van der Waals surface area contributed by atoms with E-state index in [2.05, 4.69) is 11.4 Å². The zero-order valence-corrected chi connectivity index (χ0v) is 9.88. The molecule has 2 aliphatic rings. The topological polar surface area (TPSA) is 62.1 Å². The van der Waals surface area contributed by atoms with Crippen LogP contribution in [0.25, 0.3) is 0 Å². The summed E-state index contributed by atoms with van der Waals surface area (Å²) < 4.78 is 5.47. The van der Waals surface area contributed by atoms with Crippen molar-refractivity contribution in [3.63, 3.8) is 0 Å². The van der Waals surface area contributed by atoms with Gasteiger partial charge < -0.3 is 10.1 Å². The summed E-state index contributed by atoms with van der Waals surface area (Å²) in [6, 6.07) is 2.17. The second-order valence-electron chi connectivity index (χ2n) is 5.18. The minimum absolute atomic E-state index is 0.0206. The van der Waals surface area contributed by atoms with Gasteiger partial charge in [0.2, 0.25) is 5.91 Å². The molecule has 4 nitrogen and oxygen atoms in total. The first-order chi connectivity index (χ1) is 7.52. The Labute approximate surface area is 96.0 Å². The Bertz CT molecular complexity index is 343. The lowest BCUT2D eigenvalue weighted by Crippen LogP contribution is -2.56. The van der Waals surface area contributed by atoms with Gasteiger partial charge >= 0.3 is 0 Å². The molecule has 2 rings (SSSR count). The van der Waals surface area contributed by atoms with Crippen LogP contribution in [-0.4, -0.2) is 24.2 Å². The van der Waals surface area contributed by atoms with Crippen LogP contribution in [-0.2, 0) is 9.53 Å². The number of rotatable bonds is 2. The Balaban J connectivity index is 2.05. The summed E-state index contributed by atoms with van der Waals surface area (Å²) in [7, 11) is 0. The SMILES string of the molecule is CC1OCCC1(C)NC(=O)C1(C#N)CCC1. The number of hydrogen-bond acceptors (Lipinski definition) is 3. The van der Waals surface area contributed by atoms with Crippen LogP contribution in [0, 0.1) is 16.7 Å². The molecule has 0 spiro atoms. The number of carbonyl (C=O) groups excluding carboxylic acids is 1. The molecule has 0 aromatic heterocycles. The summed E-state index contributed by atoms with van der Waals surface area (Å²) in [6.45, 7) is 4.64. The zero-order chi connectivity index (χ0) is 11.8. The summed E-state index contributed by atoms with van der Waals surface area (Å²) in [5.74, 6) is -0.110. The third-order valence-electron chi connectivity index (χ3n) is 4.14. The van der Waals surface area contributed by atoms with E-state index in [0.717, 1.165) is 12.8 Å². The third-order valence-corrected chi connectivity index (χ3v) is 4.14. The molecule has 1 aliphatic carbocycles. The number of carbonyl (C=O) groups is 1. The standard InChI is InChI=1S/C12H18N2O2/c1-9-11(2,6-7-16-9)14-10(15)12(8-13)4-3-5-12/h9H,3-7H2,1-2H3,(H,14,15). The van der Waals surface area contributed by atoms with Gasteiger partial charge in [-0.25, -0.2) is 0 Å². The lowest BCUT2D eigenvalue weighted by atomic mass is 9.69. The van der Waals surface area contributed by atoms with Gasteiger partial charge in [-0.05, 0) is 39.5 Å². The molecule has 0 bridgehead atoms. The number of hydrogen-bond donors (Lipinski definition) is 1. The van der Waals surface area contributed by atoms with Gasteiger partial charge in [0.15, 0.2) is 0 Å². The largest absolute Gasteiger partial charge is 0.376 e. The molecule has 1 amide bonds. The molecular weight excluding hydrogens is 204 g/mol. The Morgan fingerprint density at radius 3 is 2.56 bits per heavy atom. The van der Waals surface area contributed by atoms with E-state index < -0.39 is 5.41 Å². The third kappa shape index (κ3) is 1.60. The highest BCUT2D eigenvalue weighted by molar-refractivity contribution is 5.87. The van der Waals surface area contributed by atoms with Crippen LogP contribution in [0.3, 0.4) is 0 Å². The van der Waals surface area contributed by atoms with Crippen molar-refractivity contribution in [2.24, 2.45) is 5.41 Å². The van der Waals surface area contributed by atoms with Crippen LogP contribution in [0.1, 0.15) is 39.5 Å². The van der Waals surface area contributed by atoms with E-state index in [9.17, 15) is 4.79 Å². The van der Waals surface area contributed by atoms with Gasteiger partial charge in [0, 0.05) is 6.61 Å². The Morgan fingerprint density at radius 2 is 2.19 bits per heavy atom. The number of amides is 1. The first-order valence-electron chi connectivity index (χ1n) is 5.88. The van der Waals surface area contributed by atoms with Gasteiger partial charge in [0.05, 0.1) is 17.7 Å². The number of nitrogens with one attached hydrogen (secondary N) is 1. The van der Waals surface area contributed by atoms with Crippen LogP contribution in [0.15, 0.2) is 0 Å². The minimum Gasteiger partial charge on any atom is -0.376 e. The summed E-state index contributed by atoms with van der Waals surface area (Å²) in [4.78, 5) is 12.1. The Morgan fingerprint density at radius 1 is 1.50 bits per heavy atom. The quantitative estimate of drug-likeness (QED) is 0.767. The normalized spacial score (nSPS) is 36.2. The molecule has 1 saturated heterocycles. The van der Waals surface area contributed by atoms with E-state index in [-0.39, 0.29) is 17.6 Å². The van der Waals surface area contributed by atoms with Gasteiger partial charge in [0.1, 0.15) is 5.41 Å². The Kier molecular flexibility index (Phi) is 2.67. The summed E-state index contributed by atoms with van der Waals surface area (Å²) >= 11 is 0. The highest BCUT2D eigenvalue weighted by Crippen LogP contribution is 2.41. The van der Waals surface area contributed by atoms with Crippen molar-refractivity contribution >= 4 is 5.91 Å². The van der Waals surface area contributed by atoms with Crippen LogP contribution >= 0.6 is 0 Å². The van der Waals surface area contributed by atoms with Gasteiger partial charge in [-0.15, -0.1) is 0 Å². The van der Waals surface area contributed by atoms with Gasteiger partial charge in [-0.3, -0.25) is 4.79 Å². The van der Waals surface area contributed by atoms with E-state index >= 15 is 0 Å². The van der Waals surface area contributed by atoms with Crippen molar-refractivity contribution in [2.45, 2.75) is 51.2 Å². The van der Waals surface area contributed by atoms with Crippen molar-refractivity contribution in [1.29, 1.82) is 5.26 Å². The van der Waals surface area contributed by atoms with E-state index in [1.807, 2.05) is 13.8 Å². The van der Waals surface area contributed by atoms with Gasteiger partial charge in [-0.2, -0.15) is 5.26 Å². The number of ether oxygens (including phenoxy) is 1. The highest BCUT2D eigenvalue weighted by atomic mass is 16.5. The fourth-order valence-corrected chi connectivity index (χ4v) is 2.30.